The fraction of sp³-hybridized carbons (Fsp3) is 0.409. The third-order valence-electron chi connectivity index (χ3n) is 5.52. The van der Waals surface area contributed by atoms with E-state index in [1.807, 2.05) is 0 Å². The van der Waals surface area contributed by atoms with Crippen LogP contribution in [0.4, 0.5) is 0 Å². The lowest BCUT2D eigenvalue weighted by Gasteiger charge is -2.20. The van der Waals surface area contributed by atoms with Gasteiger partial charge in [-0.1, -0.05) is 43.0 Å². The van der Waals surface area contributed by atoms with E-state index in [0.717, 1.165) is 0 Å². The summed E-state index contributed by atoms with van der Waals surface area (Å²) in [7, 11) is 0. The fourth-order valence-corrected chi connectivity index (χ4v) is 4.53. The van der Waals surface area contributed by atoms with E-state index in [0.29, 0.717) is 5.92 Å². The maximum Gasteiger partial charge on any atom is 0.254 e. The number of fused-ring (bicyclic) bond motifs is 1. The van der Waals surface area contributed by atoms with Gasteiger partial charge in [0.05, 0.1) is 0 Å². The number of rotatable bonds is 2. The smallest absolute Gasteiger partial charge is 0.201 e. The van der Waals surface area contributed by atoms with E-state index < -0.39 is 0 Å². The van der Waals surface area contributed by atoms with E-state index in [1.54, 1.807) is 0 Å². The quantitative estimate of drug-likeness (QED) is 0.575. The molecule has 0 atom stereocenters. The molecule has 4 rings (SSSR count). The van der Waals surface area contributed by atoms with Crippen molar-refractivity contribution in [2.24, 2.45) is 0 Å². The molecule has 0 radical (unpaired) electrons. The first-order chi connectivity index (χ1) is 11.6. The lowest BCUT2D eigenvalue weighted by atomic mass is 9.86. The Morgan fingerprint density at radius 3 is 2.38 bits per heavy atom. The summed E-state index contributed by atoms with van der Waals surface area (Å²) >= 11 is 0. The van der Waals surface area contributed by atoms with Gasteiger partial charge in [-0.05, 0) is 56.9 Å². The standard InChI is InChI=1S/C22H27N2/c1-16-12-17(2)22(18(3)13-16)23-14-20-10-7-11-21(24(20)15-23)19-8-5-4-6-9-19/h7,10-15,19H,4-6,8-9H2,1-3H3/q+1. The van der Waals surface area contributed by atoms with E-state index in [1.165, 1.54) is 65.7 Å². The molecule has 1 saturated carbocycles. The van der Waals surface area contributed by atoms with Crippen LogP contribution in [0.2, 0.25) is 0 Å². The van der Waals surface area contributed by atoms with Gasteiger partial charge in [0.2, 0.25) is 0 Å². The van der Waals surface area contributed by atoms with Crippen molar-refractivity contribution >= 4 is 5.52 Å². The fourth-order valence-electron chi connectivity index (χ4n) is 4.53. The normalized spacial score (nSPS) is 16.0. The molecule has 2 heterocycles. The molecule has 0 bridgehead atoms. The van der Waals surface area contributed by atoms with Crippen LogP contribution in [0.1, 0.15) is 60.4 Å². The minimum absolute atomic E-state index is 0.712. The molecule has 1 aliphatic rings. The minimum atomic E-state index is 0.712. The van der Waals surface area contributed by atoms with Gasteiger partial charge in [0, 0.05) is 5.92 Å². The molecule has 0 spiro atoms. The number of aromatic nitrogens is 2. The van der Waals surface area contributed by atoms with Crippen molar-refractivity contribution in [1.82, 2.24) is 4.40 Å². The van der Waals surface area contributed by atoms with Crippen molar-refractivity contribution in [1.29, 1.82) is 0 Å². The van der Waals surface area contributed by atoms with Gasteiger partial charge in [-0.15, -0.1) is 0 Å². The van der Waals surface area contributed by atoms with E-state index in [4.69, 9.17) is 0 Å². The average molecular weight is 319 g/mol. The van der Waals surface area contributed by atoms with Crippen molar-refractivity contribution in [3.63, 3.8) is 0 Å². The minimum Gasteiger partial charge on any atom is -0.201 e. The molecule has 1 fully saturated rings. The van der Waals surface area contributed by atoms with Gasteiger partial charge in [0.1, 0.15) is 17.6 Å². The number of hydrogen-bond acceptors (Lipinski definition) is 0. The van der Waals surface area contributed by atoms with Gasteiger partial charge in [-0.3, -0.25) is 0 Å². The van der Waals surface area contributed by atoms with Gasteiger partial charge in [0.25, 0.3) is 6.33 Å². The first kappa shape index (κ1) is 15.4. The van der Waals surface area contributed by atoms with Gasteiger partial charge in [-0.2, -0.15) is 4.40 Å². The van der Waals surface area contributed by atoms with Crippen molar-refractivity contribution in [3.8, 4) is 5.69 Å². The highest BCUT2D eigenvalue weighted by molar-refractivity contribution is 5.48. The molecular formula is C22H27N2+. The predicted molar refractivity (Wildman–Crippen MR) is 99.0 cm³/mol. The average Bonchev–Trinajstić information content (AvgIpc) is 2.98. The molecule has 0 N–H and O–H groups in total. The Bertz CT molecular complexity index is 859. The van der Waals surface area contributed by atoms with Gasteiger partial charge in [0.15, 0.2) is 5.52 Å². The van der Waals surface area contributed by atoms with Crippen molar-refractivity contribution in [2.75, 3.05) is 0 Å². The second kappa shape index (κ2) is 6.08. The number of aryl methyl sites for hydroxylation is 3. The van der Waals surface area contributed by atoms with Crippen LogP contribution in [0, 0.1) is 20.8 Å². The van der Waals surface area contributed by atoms with Crippen LogP contribution in [0.5, 0.6) is 0 Å². The zero-order valence-corrected chi connectivity index (χ0v) is 15.0. The summed E-state index contributed by atoms with van der Waals surface area (Å²) in [6, 6.07) is 11.3. The van der Waals surface area contributed by atoms with Gasteiger partial charge in [-0.25, -0.2) is 4.57 Å². The maximum absolute atomic E-state index is 2.41. The number of imidazole rings is 1. The Labute approximate surface area is 144 Å². The Morgan fingerprint density at radius 2 is 1.67 bits per heavy atom. The summed E-state index contributed by atoms with van der Waals surface area (Å²) in [6.07, 6.45) is 11.4. The summed E-state index contributed by atoms with van der Waals surface area (Å²) < 4.78 is 4.72. The van der Waals surface area contributed by atoms with E-state index in [9.17, 15) is 0 Å². The molecular weight excluding hydrogens is 292 g/mol. The van der Waals surface area contributed by atoms with Crippen LogP contribution in [0.25, 0.3) is 11.2 Å². The summed E-state index contributed by atoms with van der Waals surface area (Å²) in [5.41, 5.74) is 8.10. The van der Waals surface area contributed by atoms with Crippen LogP contribution >= 0.6 is 0 Å². The molecule has 1 aliphatic carbocycles. The second-order valence-corrected chi connectivity index (χ2v) is 7.48. The van der Waals surface area contributed by atoms with E-state index in [2.05, 4.69) is 72.6 Å². The Hall–Kier alpha value is -2.09. The lowest BCUT2D eigenvalue weighted by molar-refractivity contribution is -0.594. The maximum atomic E-state index is 2.41. The Morgan fingerprint density at radius 1 is 0.958 bits per heavy atom. The largest absolute Gasteiger partial charge is 0.254 e. The van der Waals surface area contributed by atoms with Gasteiger partial charge >= 0.3 is 0 Å². The molecule has 2 nitrogen and oxygen atoms in total. The molecule has 0 saturated heterocycles. The molecule has 0 amide bonds. The molecule has 2 heteroatoms. The Balaban J connectivity index is 1.85. The highest BCUT2D eigenvalue weighted by Gasteiger charge is 2.23. The van der Waals surface area contributed by atoms with Crippen LogP contribution in [-0.2, 0) is 0 Å². The number of pyridine rings is 1. The SMILES string of the molecule is Cc1cc(C)c(-[n+]2cc3cccc(C4CCCCC4)n3c2)c(C)c1. The molecule has 0 aliphatic heterocycles. The van der Waals surface area contributed by atoms with Crippen molar-refractivity contribution in [2.45, 2.75) is 58.8 Å². The van der Waals surface area contributed by atoms with Crippen molar-refractivity contribution < 1.29 is 4.57 Å². The first-order valence-corrected chi connectivity index (χ1v) is 9.24. The summed E-state index contributed by atoms with van der Waals surface area (Å²) in [4.78, 5) is 0. The van der Waals surface area contributed by atoms with Gasteiger partial charge < -0.3 is 0 Å². The van der Waals surface area contributed by atoms with Crippen molar-refractivity contribution in [3.05, 3.63) is 65.2 Å². The van der Waals surface area contributed by atoms with E-state index in [-0.39, 0.29) is 0 Å². The summed E-state index contributed by atoms with van der Waals surface area (Å²) in [5.74, 6) is 0.712. The molecule has 3 aromatic rings. The molecule has 2 aromatic heterocycles. The molecule has 124 valence electrons. The molecule has 24 heavy (non-hydrogen) atoms. The number of nitrogens with zero attached hydrogens (tertiary/aromatic N) is 2. The Kier molecular flexibility index (Phi) is 3.91. The summed E-state index contributed by atoms with van der Waals surface area (Å²) in [5, 5.41) is 0. The zero-order chi connectivity index (χ0) is 16.7. The summed E-state index contributed by atoms with van der Waals surface area (Å²) in [6.45, 7) is 6.60. The van der Waals surface area contributed by atoms with Crippen LogP contribution < -0.4 is 4.57 Å². The molecule has 0 unspecified atom stereocenters. The van der Waals surface area contributed by atoms with Crippen LogP contribution in [0.3, 0.4) is 0 Å². The topological polar surface area (TPSA) is 8.29 Å². The van der Waals surface area contributed by atoms with Crippen LogP contribution in [-0.4, -0.2) is 4.40 Å². The zero-order valence-electron chi connectivity index (χ0n) is 15.0. The first-order valence-electron chi connectivity index (χ1n) is 9.24. The number of hydrogen-bond donors (Lipinski definition) is 0. The monoisotopic (exact) mass is 319 g/mol. The third-order valence-corrected chi connectivity index (χ3v) is 5.52. The van der Waals surface area contributed by atoms with E-state index >= 15 is 0 Å². The lowest BCUT2D eigenvalue weighted by Crippen LogP contribution is -2.30. The molecule has 1 aromatic carbocycles. The number of benzene rings is 1. The predicted octanol–water partition coefficient (Wildman–Crippen LogP) is 5.19. The highest BCUT2D eigenvalue weighted by Crippen LogP contribution is 2.32. The van der Waals surface area contributed by atoms with Crippen LogP contribution in [0.15, 0.2) is 42.9 Å². The highest BCUT2D eigenvalue weighted by atomic mass is 15.1. The third kappa shape index (κ3) is 2.64. The second-order valence-electron chi connectivity index (χ2n) is 7.48.